The van der Waals surface area contributed by atoms with Crippen molar-refractivity contribution in [3.63, 3.8) is 0 Å². The number of likely N-dealkylation sites (tertiary alicyclic amines) is 1. The first-order chi connectivity index (χ1) is 14.2. The lowest BCUT2D eigenvalue weighted by molar-refractivity contribution is 0.0284. The predicted octanol–water partition coefficient (Wildman–Crippen LogP) is 5.14. The van der Waals surface area contributed by atoms with E-state index in [1.807, 2.05) is 43.9 Å². The summed E-state index contributed by atoms with van der Waals surface area (Å²) < 4.78 is 11.9. The maximum absolute atomic E-state index is 12.6. The van der Waals surface area contributed by atoms with Crippen LogP contribution in [0.15, 0.2) is 42.5 Å². The summed E-state index contributed by atoms with van der Waals surface area (Å²) in [4.78, 5) is 14.5. The second-order valence-corrected chi connectivity index (χ2v) is 9.41. The molecule has 0 bridgehead atoms. The molecule has 2 heterocycles. The largest absolute Gasteiger partial charge is 0.493 e. The Morgan fingerprint density at radius 3 is 2.70 bits per heavy atom. The summed E-state index contributed by atoms with van der Waals surface area (Å²) in [7, 11) is 0. The molecule has 1 unspecified atom stereocenters. The van der Waals surface area contributed by atoms with Gasteiger partial charge < -0.3 is 19.5 Å². The van der Waals surface area contributed by atoms with Gasteiger partial charge in [-0.05, 0) is 62.8 Å². The summed E-state index contributed by atoms with van der Waals surface area (Å²) in [5.41, 5.74) is 3.61. The Balaban J connectivity index is 1.66. The molecule has 2 aliphatic heterocycles. The van der Waals surface area contributed by atoms with Crippen LogP contribution in [-0.4, -0.2) is 41.4 Å². The lowest BCUT2D eigenvalue weighted by Gasteiger charge is -2.25. The quantitative estimate of drug-likeness (QED) is 0.746. The van der Waals surface area contributed by atoms with Gasteiger partial charge in [0.25, 0.3) is 0 Å². The number of carbonyl (C=O) groups is 1. The number of para-hydroxylation sites is 1. The van der Waals surface area contributed by atoms with Crippen LogP contribution in [0.3, 0.4) is 0 Å². The fourth-order valence-electron chi connectivity index (χ4n) is 4.51. The zero-order valence-electron chi connectivity index (χ0n) is 18.2. The van der Waals surface area contributed by atoms with Gasteiger partial charge in [0, 0.05) is 24.6 Å². The van der Waals surface area contributed by atoms with Crippen molar-refractivity contribution in [2.24, 2.45) is 5.92 Å². The van der Waals surface area contributed by atoms with Gasteiger partial charge in [0.05, 0.1) is 12.7 Å². The molecule has 1 N–H and O–H groups in total. The molecule has 0 saturated carbocycles. The Morgan fingerprint density at radius 2 is 1.97 bits per heavy atom. The Morgan fingerprint density at radius 1 is 1.20 bits per heavy atom. The summed E-state index contributed by atoms with van der Waals surface area (Å²) in [5.74, 6) is 1.49. The molecule has 2 aromatic carbocycles. The van der Waals surface area contributed by atoms with Crippen molar-refractivity contribution in [1.29, 1.82) is 0 Å². The van der Waals surface area contributed by atoms with Gasteiger partial charge in [-0.2, -0.15) is 0 Å². The van der Waals surface area contributed by atoms with Crippen molar-refractivity contribution < 1.29 is 19.4 Å². The first kappa shape index (κ1) is 20.7. The number of nitrogens with zero attached hydrogens (tertiary/aromatic N) is 1. The number of rotatable bonds is 2. The average Bonchev–Trinajstić information content (AvgIpc) is 3.03. The number of benzene rings is 2. The van der Waals surface area contributed by atoms with Crippen LogP contribution in [0.25, 0.3) is 11.1 Å². The van der Waals surface area contributed by atoms with Crippen LogP contribution in [0, 0.1) is 5.92 Å². The molecule has 2 aliphatic rings. The van der Waals surface area contributed by atoms with Gasteiger partial charge in [-0.1, -0.05) is 36.4 Å². The minimum Gasteiger partial charge on any atom is -0.493 e. The molecule has 1 amide bonds. The Labute approximate surface area is 178 Å². The number of aliphatic hydroxyl groups is 1. The molecule has 4 rings (SSSR count). The van der Waals surface area contributed by atoms with E-state index in [4.69, 9.17) is 9.47 Å². The highest BCUT2D eigenvalue weighted by Gasteiger charge is 2.40. The second kappa shape index (κ2) is 7.95. The van der Waals surface area contributed by atoms with E-state index in [1.54, 1.807) is 6.92 Å². The fourth-order valence-corrected chi connectivity index (χ4v) is 4.51. The normalized spacial score (nSPS) is 21.8. The van der Waals surface area contributed by atoms with Gasteiger partial charge in [-0.3, -0.25) is 0 Å². The molecular weight excluding hydrogens is 378 g/mol. The molecule has 0 radical (unpaired) electrons. The summed E-state index contributed by atoms with van der Waals surface area (Å²) >= 11 is 0. The highest BCUT2D eigenvalue weighted by molar-refractivity contribution is 5.74. The number of carbonyl (C=O) groups excluding carboxylic acids is 1. The third-order valence-electron chi connectivity index (χ3n) is 5.95. The Hall–Kier alpha value is -2.53. The number of hydrogen-bond acceptors (Lipinski definition) is 4. The molecule has 0 aliphatic carbocycles. The Bertz CT molecular complexity index is 931. The molecule has 30 heavy (non-hydrogen) atoms. The van der Waals surface area contributed by atoms with Crippen LogP contribution in [-0.2, 0) is 4.74 Å². The van der Waals surface area contributed by atoms with E-state index in [1.165, 1.54) is 0 Å². The molecule has 160 valence electrons. The van der Waals surface area contributed by atoms with Gasteiger partial charge in [0.1, 0.15) is 11.4 Å². The van der Waals surface area contributed by atoms with Crippen LogP contribution >= 0.6 is 0 Å². The van der Waals surface area contributed by atoms with Gasteiger partial charge in [-0.25, -0.2) is 4.79 Å². The maximum atomic E-state index is 12.6. The summed E-state index contributed by atoms with van der Waals surface area (Å²) in [6, 6.07) is 14.2. The predicted molar refractivity (Wildman–Crippen MR) is 117 cm³/mol. The number of fused-ring (bicyclic) bond motifs is 3. The van der Waals surface area contributed by atoms with E-state index in [0.717, 1.165) is 34.4 Å². The maximum Gasteiger partial charge on any atom is 0.410 e. The van der Waals surface area contributed by atoms with E-state index in [-0.39, 0.29) is 12.0 Å². The molecule has 0 aromatic heterocycles. The molecule has 3 atom stereocenters. The second-order valence-electron chi connectivity index (χ2n) is 9.41. The summed E-state index contributed by atoms with van der Waals surface area (Å²) in [6.45, 7) is 9.44. The SMILES string of the molecule is CC(O)c1cccc(-c2cccc3c2OCC[C@H]2CN(C(=O)OC(C)(C)C)C[C@H]32)c1. The first-order valence-electron chi connectivity index (χ1n) is 10.7. The zero-order chi connectivity index (χ0) is 21.5. The minimum absolute atomic E-state index is 0.231. The minimum atomic E-state index is -0.519. The lowest BCUT2D eigenvalue weighted by Crippen LogP contribution is -2.35. The highest BCUT2D eigenvalue weighted by Crippen LogP contribution is 2.45. The number of amides is 1. The zero-order valence-corrected chi connectivity index (χ0v) is 18.2. The van der Waals surface area contributed by atoms with Gasteiger partial charge >= 0.3 is 6.09 Å². The van der Waals surface area contributed by atoms with Crippen LogP contribution in [0.5, 0.6) is 5.75 Å². The lowest BCUT2D eigenvalue weighted by atomic mass is 9.85. The molecule has 5 heteroatoms. The van der Waals surface area contributed by atoms with E-state index in [0.29, 0.717) is 25.6 Å². The van der Waals surface area contributed by atoms with Crippen LogP contribution < -0.4 is 4.74 Å². The molecule has 0 spiro atoms. The van der Waals surface area contributed by atoms with Crippen molar-refractivity contribution in [3.8, 4) is 16.9 Å². The van der Waals surface area contributed by atoms with E-state index < -0.39 is 11.7 Å². The number of hydrogen-bond donors (Lipinski definition) is 1. The average molecular weight is 410 g/mol. The van der Waals surface area contributed by atoms with E-state index >= 15 is 0 Å². The highest BCUT2D eigenvalue weighted by atomic mass is 16.6. The molecule has 2 aromatic rings. The fraction of sp³-hybridized carbons (Fsp3) is 0.480. The van der Waals surface area contributed by atoms with Crippen molar-refractivity contribution in [2.75, 3.05) is 19.7 Å². The molecule has 1 fully saturated rings. The number of ether oxygens (including phenoxy) is 2. The van der Waals surface area contributed by atoms with Gasteiger partial charge in [0.2, 0.25) is 0 Å². The van der Waals surface area contributed by atoms with Crippen molar-refractivity contribution in [1.82, 2.24) is 4.90 Å². The monoisotopic (exact) mass is 409 g/mol. The molecule has 1 saturated heterocycles. The van der Waals surface area contributed by atoms with Gasteiger partial charge in [-0.15, -0.1) is 0 Å². The summed E-state index contributed by atoms with van der Waals surface area (Å²) in [5, 5.41) is 9.98. The standard InChI is InChI=1S/C25H31NO4/c1-16(27)17-7-5-8-18(13-17)20-9-6-10-21-22-15-26(24(28)30-25(2,3)4)14-19(22)11-12-29-23(20)21/h5-10,13,16,19,22,27H,11-12,14-15H2,1-4H3/t16?,19-,22-/m0/s1. The van der Waals surface area contributed by atoms with Crippen molar-refractivity contribution >= 4 is 6.09 Å². The topological polar surface area (TPSA) is 59.0 Å². The van der Waals surface area contributed by atoms with Crippen molar-refractivity contribution in [3.05, 3.63) is 53.6 Å². The van der Waals surface area contributed by atoms with E-state index in [9.17, 15) is 9.90 Å². The third-order valence-corrected chi connectivity index (χ3v) is 5.95. The molecular formula is C25H31NO4. The smallest absolute Gasteiger partial charge is 0.410 e. The van der Waals surface area contributed by atoms with Gasteiger partial charge in [0.15, 0.2) is 0 Å². The van der Waals surface area contributed by atoms with Crippen LogP contribution in [0.2, 0.25) is 0 Å². The van der Waals surface area contributed by atoms with Crippen molar-refractivity contribution in [2.45, 2.75) is 51.7 Å². The molecule has 5 nitrogen and oxygen atoms in total. The summed E-state index contributed by atoms with van der Waals surface area (Å²) in [6.07, 6.45) is 0.153. The van der Waals surface area contributed by atoms with E-state index in [2.05, 4.69) is 24.3 Å². The third kappa shape index (κ3) is 4.17. The van der Waals surface area contributed by atoms with Crippen LogP contribution in [0.1, 0.15) is 57.3 Å². The number of aliphatic hydroxyl groups excluding tert-OH is 1. The van der Waals surface area contributed by atoms with Crippen LogP contribution in [0.4, 0.5) is 4.79 Å². The first-order valence-corrected chi connectivity index (χ1v) is 10.7. The Kier molecular flexibility index (Phi) is 5.49.